The number of rotatable bonds is 2. The summed E-state index contributed by atoms with van der Waals surface area (Å²) in [6.07, 6.45) is 0. The van der Waals surface area contributed by atoms with Crippen LogP contribution in [-0.4, -0.2) is 19.3 Å². The minimum Gasteiger partial charge on any atom is -0.323 e. The zero-order valence-electron chi connectivity index (χ0n) is 11.6. The zero-order valence-corrected chi connectivity index (χ0v) is 12.4. The summed E-state index contributed by atoms with van der Waals surface area (Å²) in [5, 5.41) is 1.43. The summed E-state index contributed by atoms with van der Waals surface area (Å²) in [7, 11) is -4.60. The lowest BCUT2D eigenvalue weighted by Gasteiger charge is -2.19. The van der Waals surface area contributed by atoms with E-state index >= 15 is 0 Å². The van der Waals surface area contributed by atoms with Gasteiger partial charge in [-0.1, -0.05) is 30.3 Å². The van der Waals surface area contributed by atoms with Gasteiger partial charge in [0, 0.05) is 5.39 Å². The van der Waals surface area contributed by atoms with Crippen LogP contribution in [0.3, 0.4) is 0 Å². The van der Waals surface area contributed by atoms with Crippen LogP contribution < -0.4 is 11.1 Å². The fourth-order valence-electron chi connectivity index (χ4n) is 2.51. The second-order valence-corrected chi connectivity index (χ2v) is 6.96. The van der Waals surface area contributed by atoms with Gasteiger partial charge in [0.1, 0.15) is 5.78 Å². The maximum atomic E-state index is 12.2. The van der Waals surface area contributed by atoms with Crippen LogP contribution in [0, 0.1) is 0 Å². The van der Waals surface area contributed by atoms with Crippen molar-refractivity contribution in [3.05, 3.63) is 57.1 Å². The normalized spacial score (nSPS) is 13.6. The molecule has 0 aliphatic heterocycles. The SMILES string of the molecule is CC(n1c(=O)c(=O)[nH]c2ccc3ccccc3c21)P(=O)(O)O. The molecule has 1 aromatic heterocycles. The number of aromatic nitrogens is 2. The third kappa shape index (κ3) is 2.20. The number of hydrogen-bond donors (Lipinski definition) is 3. The van der Waals surface area contributed by atoms with Crippen LogP contribution in [0.4, 0.5) is 0 Å². The summed E-state index contributed by atoms with van der Waals surface area (Å²) in [6.45, 7) is 1.23. The molecule has 0 spiro atoms. The smallest absolute Gasteiger partial charge is 0.323 e. The number of fused-ring (bicyclic) bond motifs is 3. The highest BCUT2D eigenvalue weighted by atomic mass is 31.2. The molecule has 0 saturated heterocycles. The predicted octanol–water partition coefficient (Wildman–Crippen LogP) is 1.54. The molecule has 1 atom stereocenters. The molecule has 114 valence electrons. The monoisotopic (exact) mass is 320 g/mol. The van der Waals surface area contributed by atoms with Gasteiger partial charge >= 0.3 is 18.7 Å². The van der Waals surface area contributed by atoms with Gasteiger partial charge in [-0.15, -0.1) is 0 Å². The quantitative estimate of drug-likeness (QED) is 0.377. The molecule has 0 bridgehead atoms. The predicted molar refractivity (Wildman–Crippen MR) is 83.1 cm³/mol. The molecule has 3 rings (SSSR count). The van der Waals surface area contributed by atoms with E-state index in [4.69, 9.17) is 0 Å². The molecular formula is C14H13N2O5P. The van der Waals surface area contributed by atoms with E-state index in [2.05, 4.69) is 4.98 Å². The Morgan fingerprint density at radius 1 is 1.14 bits per heavy atom. The third-order valence-corrected chi connectivity index (χ3v) is 4.87. The highest BCUT2D eigenvalue weighted by Crippen LogP contribution is 2.48. The van der Waals surface area contributed by atoms with E-state index in [1.807, 2.05) is 12.1 Å². The first-order chi connectivity index (χ1) is 10.3. The number of nitrogens with one attached hydrogen (secondary N) is 1. The molecule has 22 heavy (non-hydrogen) atoms. The van der Waals surface area contributed by atoms with Gasteiger partial charge in [-0.25, -0.2) is 0 Å². The number of hydrogen-bond acceptors (Lipinski definition) is 3. The van der Waals surface area contributed by atoms with Crippen molar-refractivity contribution in [1.29, 1.82) is 0 Å². The fraction of sp³-hybridized carbons (Fsp3) is 0.143. The molecule has 1 heterocycles. The topological polar surface area (TPSA) is 112 Å². The Morgan fingerprint density at radius 2 is 1.82 bits per heavy atom. The van der Waals surface area contributed by atoms with Crippen molar-refractivity contribution >= 4 is 29.4 Å². The number of nitrogens with zero attached hydrogens (tertiary/aromatic N) is 1. The summed E-state index contributed by atoms with van der Waals surface area (Å²) in [5.41, 5.74) is -1.25. The van der Waals surface area contributed by atoms with Crippen molar-refractivity contribution in [3.63, 3.8) is 0 Å². The molecule has 1 unspecified atom stereocenters. The highest BCUT2D eigenvalue weighted by Gasteiger charge is 2.29. The molecule has 0 aliphatic carbocycles. The van der Waals surface area contributed by atoms with Crippen LogP contribution in [0.2, 0.25) is 0 Å². The van der Waals surface area contributed by atoms with Crippen LogP contribution in [0.5, 0.6) is 0 Å². The summed E-state index contributed by atoms with van der Waals surface area (Å²) in [4.78, 5) is 45.3. The molecular weight excluding hydrogens is 307 g/mol. The van der Waals surface area contributed by atoms with Gasteiger partial charge < -0.3 is 14.8 Å². The highest BCUT2D eigenvalue weighted by molar-refractivity contribution is 7.51. The molecule has 2 aromatic carbocycles. The van der Waals surface area contributed by atoms with Gasteiger partial charge in [-0.3, -0.25) is 18.7 Å². The first kappa shape index (κ1) is 14.7. The van der Waals surface area contributed by atoms with Crippen LogP contribution in [0.1, 0.15) is 12.7 Å². The minimum absolute atomic E-state index is 0.304. The summed E-state index contributed by atoms with van der Waals surface area (Å²) >= 11 is 0. The largest absolute Gasteiger partial charge is 0.347 e. The van der Waals surface area contributed by atoms with Gasteiger partial charge in [0.15, 0.2) is 0 Å². The van der Waals surface area contributed by atoms with E-state index in [-0.39, 0.29) is 0 Å². The van der Waals surface area contributed by atoms with E-state index in [0.29, 0.717) is 16.4 Å². The van der Waals surface area contributed by atoms with Crippen LogP contribution in [0.25, 0.3) is 21.8 Å². The molecule has 8 heteroatoms. The van der Waals surface area contributed by atoms with Gasteiger partial charge in [-0.05, 0) is 18.4 Å². The molecule has 3 aromatic rings. The molecule has 0 radical (unpaired) electrons. The average molecular weight is 320 g/mol. The second kappa shape index (κ2) is 4.91. The van der Waals surface area contributed by atoms with Gasteiger partial charge in [0.05, 0.1) is 11.0 Å². The van der Waals surface area contributed by atoms with Crippen LogP contribution >= 0.6 is 7.60 Å². The number of H-pyrrole nitrogens is 1. The van der Waals surface area contributed by atoms with E-state index < -0.39 is 24.5 Å². The summed E-state index contributed by atoms with van der Waals surface area (Å²) < 4.78 is 12.5. The Morgan fingerprint density at radius 3 is 2.50 bits per heavy atom. The van der Waals surface area contributed by atoms with E-state index in [0.717, 1.165) is 9.95 Å². The lowest BCUT2D eigenvalue weighted by molar-refractivity contribution is 0.346. The van der Waals surface area contributed by atoms with Crippen LogP contribution in [-0.2, 0) is 4.57 Å². The number of aromatic amines is 1. The Hall–Kier alpha value is -2.21. The van der Waals surface area contributed by atoms with Gasteiger partial charge in [0.25, 0.3) is 0 Å². The lowest BCUT2D eigenvalue weighted by Crippen LogP contribution is -2.37. The van der Waals surface area contributed by atoms with Crippen LogP contribution in [0.15, 0.2) is 46.0 Å². The Bertz CT molecular complexity index is 1050. The Labute approximate surface area is 124 Å². The molecule has 7 nitrogen and oxygen atoms in total. The fourth-order valence-corrected chi connectivity index (χ4v) is 3.03. The lowest BCUT2D eigenvalue weighted by atomic mass is 10.1. The third-order valence-electron chi connectivity index (χ3n) is 3.66. The Kier molecular flexibility index (Phi) is 3.29. The summed E-state index contributed by atoms with van der Waals surface area (Å²) in [5.74, 6) is -1.43. The van der Waals surface area contributed by atoms with Crippen molar-refractivity contribution in [1.82, 2.24) is 9.55 Å². The zero-order chi connectivity index (χ0) is 16.1. The molecule has 0 fully saturated rings. The maximum absolute atomic E-state index is 12.2. The van der Waals surface area contributed by atoms with Gasteiger partial charge in [0.2, 0.25) is 0 Å². The maximum Gasteiger partial charge on any atom is 0.347 e. The second-order valence-electron chi connectivity index (χ2n) is 5.03. The average Bonchev–Trinajstić information content (AvgIpc) is 2.47. The van der Waals surface area contributed by atoms with Crippen molar-refractivity contribution in [2.45, 2.75) is 12.7 Å². The Balaban J connectivity index is 2.60. The minimum atomic E-state index is -4.60. The summed E-state index contributed by atoms with van der Waals surface area (Å²) in [6, 6.07) is 10.5. The van der Waals surface area contributed by atoms with Crippen molar-refractivity contribution in [2.75, 3.05) is 0 Å². The first-order valence-electron chi connectivity index (χ1n) is 6.52. The van der Waals surface area contributed by atoms with Crippen molar-refractivity contribution in [2.24, 2.45) is 0 Å². The number of benzene rings is 2. The first-order valence-corrected chi connectivity index (χ1v) is 8.20. The van der Waals surface area contributed by atoms with Crippen molar-refractivity contribution in [3.8, 4) is 0 Å². The van der Waals surface area contributed by atoms with Gasteiger partial charge in [-0.2, -0.15) is 0 Å². The standard InChI is InChI=1S/C14H13N2O5P/c1-8(22(19,20)21)16-12-10-5-3-2-4-9(10)6-7-11(12)15-13(17)14(16)18/h2-8H,1H3,(H,15,17)(H2,19,20,21). The van der Waals surface area contributed by atoms with E-state index in [1.165, 1.54) is 6.92 Å². The van der Waals surface area contributed by atoms with E-state index in [9.17, 15) is 23.9 Å². The van der Waals surface area contributed by atoms with Crippen molar-refractivity contribution < 1.29 is 14.4 Å². The molecule has 3 N–H and O–H groups in total. The molecule has 0 aliphatic rings. The molecule has 0 saturated carbocycles. The van der Waals surface area contributed by atoms with E-state index in [1.54, 1.807) is 24.3 Å². The molecule has 0 amide bonds.